The molecule has 0 spiro atoms. The lowest BCUT2D eigenvalue weighted by Crippen LogP contribution is -2.48. The number of ether oxygens (including phenoxy) is 1. The number of rotatable bonds is 2. The van der Waals surface area contributed by atoms with Crippen LogP contribution in [0.15, 0.2) is 17.0 Å². The molecule has 0 aromatic heterocycles. The van der Waals surface area contributed by atoms with E-state index < -0.39 is 32.4 Å². The fraction of sp³-hybridized carbons (Fsp3) is 0.500. The quantitative estimate of drug-likeness (QED) is 0.784. The van der Waals surface area contributed by atoms with Crippen molar-refractivity contribution < 1.29 is 26.3 Å². The number of morpholine rings is 1. The third-order valence-corrected chi connectivity index (χ3v) is 4.85. The lowest BCUT2D eigenvalue weighted by atomic mass is 10.3. The molecular formula is C12H14F3NO3S. The van der Waals surface area contributed by atoms with Crippen LogP contribution in [0.1, 0.15) is 13.8 Å². The van der Waals surface area contributed by atoms with Crippen LogP contribution >= 0.6 is 0 Å². The Kier molecular flexibility index (Phi) is 4.08. The Bertz CT molecular complexity index is 611. The van der Waals surface area contributed by atoms with E-state index in [0.717, 1.165) is 10.4 Å². The van der Waals surface area contributed by atoms with Crippen LogP contribution in [-0.2, 0) is 14.8 Å². The Morgan fingerprint density at radius 1 is 1.10 bits per heavy atom. The number of halogens is 3. The highest BCUT2D eigenvalue weighted by Gasteiger charge is 2.35. The molecular weight excluding hydrogens is 295 g/mol. The summed E-state index contributed by atoms with van der Waals surface area (Å²) in [4.78, 5) is -0.863. The van der Waals surface area contributed by atoms with E-state index in [0.29, 0.717) is 6.07 Å². The molecule has 1 aliphatic heterocycles. The Morgan fingerprint density at radius 2 is 1.65 bits per heavy atom. The molecule has 1 aliphatic rings. The van der Waals surface area contributed by atoms with Crippen molar-refractivity contribution in [2.24, 2.45) is 0 Å². The normalized spacial score (nSPS) is 24.9. The SMILES string of the molecule is C[C@H]1CN(S(=O)(=O)c2ccc(F)c(F)c2F)C[C@H](C)O1. The van der Waals surface area contributed by atoms with Crippen LogP contribution in [0.25, 0.3) is 0 Å². The maximum Gasteiger partial charge on any atom is 0.246 e. The van der Waals surface area contributed by atoms with Gasteiger partial charge in [0, 0.05) is 13.1 Å². The molecule has 0 radical (unpaired) electrons. The van der Waals surface area contributed by atoms with Gasteiger partial charge < -0.3 is 4.74 Å². The summed E-state index contributed by atoms with van der Waals surface area (Å²) < 4.78 is 70.7. The number of hydrogen-bond acceptors (Lipinski definition) is 3. The van der Waals surface area contributed by atoms with Crippen molar-refractivity contribution in [1.82, 2.24) is 4.31 Å². The molecule has 0 unspecified atom stereocenters. The maximum atomic E-state index is 13.7. The third-order valence-electron chi connectivity index (χ3n) is 3.00. The fourth-order valence-corrected chi connectivity index (χ4v) is 3.82. The molecule has 2 atom stereocenters. The number of nitrogens with zero attached hydrogens (tertiary/aromatic N) is 1. The highest BCUT2D eigenvalue weighted by molar-refractivity contribution is 7.89. The second-order valence-electron chi connectivity index (χ2n) is 4.75. The van der Waals surface area contributed by atoms with E-state index in [4.69, 9.17) is 4.74 Å². The smallest absolute Gasteiger partial charge is 0.246 e. The van der Waals surface area contributed by atoms with Crippen LogP contribution < -0.4 is 0 Å². The Balaban J connectivity index is 2.43. The predicted octanol–water partition coefficient (Wildman–Crippen LogP) is 1.90. The summed E-state index contributed by atoms with van der Waals surface area (Å²) >= 11 is 0. The largest absolute Gasteiger partial charge is 0.373 e. The van der Waals surface area contributed by atoms with Crippen LogP contribution in [0, 0.1) is 17.5 Å². The second kappa shape index (κ2) is 5.34. The van der Waals surface area contributed by atoms with E-state index in [2.05, 4.69) is 0 Å². The third kappa shape index (κ3) is 2.68. The summed E-state index contributed by atoms with van der Waals surface area (Å²) in [6.45, 7) is 3.43. The van der Waals surface area contributed by atoms with Gasteiger partial charge in [-0.15, -0.1) is 0 Å². The standard InChI is InChI=1S/C12H14F3NO3S/c1-7-5-16(6-8(2)19-7)20(17,18)10-4-3-9(13)11(14)12(10)15/h3-4,7-8H,5-6H2,1-2H3/t7-,8-/m0/s1. The highest BCUT2D eigenvalue weighted by Crippen LogP contribution is 2.25. The molecule has 0 aliphatic carbocycles. The number of benzene rings is 1. The van der Waals surface area contributed by atoms with E-state index in [9.17, 15) is 21.6 Å². The van der Waals surface area contributed by atoms with Crippen molar-refractivity contribution in [1.29, 1.82) is 0 Å². The molecule has 0 amide bonds. The minimum atomic E-state index is -4.23. The second-order valence-corrected chi connectivity index (χ2v) is 6.66. The van der Waals surface area contributed by atoms with Gasteiger partial charge in [0.05, 0.1) is 12.2 Å². The first-order valence-electron chi connectivity index (χ1n) is 6.02. The molecule has 1 fully saturated rings. The lowest BCUT2D eigenvalue weighted by molar-refractivity contribution is -0.0441. The molecule has 1 saturated heterocycles. The zero-order chi connectivity index (χ0) is 15.1. The molecule has 1 aromatic rings. The van der Waals surface area contributed by atoms with Gasteiger partial charge in [0.25, 0.3) is 0 Å². The average Bonchev–Trinajstić information content (AvgIpc) is 2.34. The lowest BCUT2D eigenvalue weighted by Gasteiger charge is -2.34. The zero-order valence-electron chi connectivity index (χ0n) is 10.9. The first-order chi connectivity index (χ1) is 9.23. The molecule has 8 heteroatoms. The summed E-state index contributed by atoms with van der Waals surface area (Å²) in [5.74, 6) is -4.91. The van der Waals surface area contributed by atoms with Crippen molar-refractivity contribution >= 4 is 10.0 Å². The predicted molar refractivity (Wildman–Crippen MR) is 65.1 cm³/mol. The minimum absolute atomic E-state index is 0.0328. The van der Waals surface area contributed by atoms with Gasteiger partial charge in [-0.3, -0.25) is 0 Å². The van der Waals surface area contributed by atoms with Crippen molar-refractivity contribution in [2.45, 2.75) is 31.0 Å². The summed E-state index contributed by atoms with van der Waals surface area (Å²) in [7, 11) is -4.23. The Labute approximate surface area is 115 Å². The Morgan fingerprint density at radius 3 is 2.20 bits per heavy atom. The van der Waals surface area contributed by atoms with E-state index >= 15 is 0 Å². The van der Waals surface area contributed by atoms with Gasteiger partial charge in [-0.2, -0.15) is 4.31 Å². The first kappa shape index (κ1) is 15.3. The van der Waals surface area contributed by atoms with Crippen LogP contribution in [0.4, 0.5) is 13.2 Å². The summed E-state index contributed by atoms with van der Waals surface area (Å²) in [6.07, 6.45) is -0.719. The maximum absolute atomic E-state index is 13.7. The van der Waals surface area contributed by atoms with Crippen molar-refractivity contribution in [3.63, 3.8) is 0 Å². The minimum Gasteiger partial charge on any atom is -0.373 e. The summed E-state index contributed by atoms with van der Waals surface area (Å²) in [5.41, 5.74) is 0. The van der Waals surface area contributed by atoms with Gasteiger partial charge in [0.1, 0.15) is 4.90 Å². The van der Waals surface area contributed by atoms with Crippen molar-refractivity contribution in [2.75, 3.05) is 13.1 Å². The van der Waals surface area contributed by atoms with Gasteiger partial charge >= 0.3 is 0 Å². The van der Waals surface area contributed by atoms with Crippen LogP contribution in [0.2, 0.25) is 0 Å². The molecule has 1 heterocycles. The topological polar surface area (TPSA) is 46.6 Å². The molecule has 0 saturated carbocycles. The number of sulfonamides is 1. The molecule has 0 N–H and O–H groups in total. The molecule has 4 nitrogen and oxygen atoms in total. The van der Waals surface area contributed by atoms with Crippen LogP contribution in [-0.4, -0.2) is 38.0 Å². The average molecular weight is 309 g/mol. The van der Waals surface area contributed by atoms with Crippen molar-refractivity contribution in [3.05, 3.63) is 29.6 Å². The van der Waals surface area contributed by atoms with Gasteiger partial charge in [-0.25, -0.2) is 21.6 Å². The van der Waals surface area contributed by atoms with Gasteiger partial charge in [0.15, 0.2) is 17.5 Å². The Hall–Kier alpha value is -1.12. The zero-order valence-corrected chi connectivity index (χ0v) is 11.8. The first-order valence-corrected chi connectivity index (χ1v) is 7.46. The van der Waals surface area contributed by atoms with Gasteiger partial charge in [-0.1, -0.05) is 0 Å². The molecule has 0 bridgehead atoms. The molecule has 20 heavy (non-hydrogen) atoms. The molecule has 2 rings (SSSR count). The molecule has 112 valence electrons. The van der Waals surface area contributed by atoms with E-state index in [1.807, 2.05) is 0 Å². The van der Waals surface area contributed by atoms with E-state index in [-0.39, 0.29) is 25.3 Å². The highest BCUT2D eigenvalue weighted by atomic mass is 32.2. The van der Waals surface area contributed by atoms with Gasteiger partial charge in [-0.05, 0) is 26.0 Å². The summed E-state index contributed by atoms with van der Waals surface area (Å²) in [6, 6.07) is 1.33. The van der Waals surface area contributed by atoms with E-state index in [1.165, 1.54) is 0 Å². The summed E-state index contributed by atoms with van der Waals surface area (Å²) in [5, 5.41) is 0. The fourth-order valence-electron chi connectivity index (χ4n) is 2.17. The molecule has 1 aromatic carbocycles. The van der Waals surface area contributed by atoms with Crippen LogP contribution in [0.3, 0.4) is 0 Å². The van der Waals surface area contributed by atoms with Crippen LogP contribution in [0.5, 0.6) is 0 Å². The monoisotopic (exact) mass is 309 g/mol. The number of hydrogen-bond donors (Lipinski definition) is 0. The van der Waals surface area contributed by atoms with Crippen molar-refractivity contribution in [3.8, 4) is 0 Å². The van der Waals surface area contributed by atoms with Gasteiger partial charge in [0.2, 0.25) is 10.0 Å². The van der Waals surface area contributed by atoms with E-state index in [1.54, 1.807) is 13.8 Å².